The average molecular weight is 396 g/mol. The first-order valence-corrected chi connectivity index (χ1v) is 9.10. The molecule has 0 radical (unpaired) electrons. The van der Waals surface area contributed by atoms with E-state index in [0.717, 1.165) is 0 Å². The van der Waals surface area contributed by atoms with Gasteiger partial charge in [0.25, 0.3) is 6.43 Å². The lowest BCUT2D eigenvalue weighted by Crippen LogP contribution is -2.54. The quantitative estimate of drug-likeness (QED) is 0.713. The third kappa shape index (κ3) is 4.03. The predicted octanol–water partition coefficient (Wildman–Crippen LogP) is -0.350. The van der Waals surface area contributed by atoms with E-state index in [0.29, 0.717) is 58.6 Å². The van der Waals surface area contributed by atoms with Gasteiger partial charge in [-0.2, -0.15) is 0 Å². The van der Waals surface area contributed by atoms with Crippen LogP contribution in [0.2, 0.25) is 0 Å². The van der Waals surface area contributed by atoms with E-state index in [9.17, 15) is 8.78 Å². The van der Waals surface area contributed by atoms with Crippen LogP contribution in [-0.4, -0.2) is 90.5 Å². The molecule has 4 heterocycles. The van der Waals surface area contributed by atoms with Crippen LogP contribution in [0, 0.1) is 0 Å². The number of nitrogens with zero attached hydrogens (tertiary/aromatic N) is 6. The van der Waals surface area contributed by atoms with E-state index in [1.54, 1.807) is 0 Å². The number of hydrogen-bond donors (Lipinski definition) is 2. The third-order valence-electron chi connectivity index (χ3n) is 4.69. The standard InChI is InChI=1S/C16H22F2N8O2/c17-12(18)11-10(9-20-14(19)21-11)13-22-15(25-1-5-27-6-2-25)24-16(23-13)26-3-7-28-8-4-26/h9,12,15H,1-8H2,(H2,19,20,21)(H,22,23,24). The van der Waals surface area contributed by atoms with Gasteiger partial charge in [-0.05, 0) is 0 Å². The molecule has 152 valence electrons. The van der Waals surface area contributed by atoms with Crippen LogP contribution in [0.1, 0.15) is 17.7 Å². The van der Waals surface area contributed by atoms with E-state index in [-0.39, 0.29) is 17.3 Å². The summed E-state index contributed by atoms with van der Waals surface area (Å²) in [5.74, 6) is 0.618. The predicted molar refractivity (Wildman–Crippen MR) is 97.1 cm³/mol. The zero-order chi connectivity index (χ0) is 19.5. The smallest absolute Gasteiger partial charge is 0.281 e. The van der Waals surface area contributed by atoms with E-state index in [1.807, 2.05) is 9.80 Å². The fourth-order valence-electron chi connectivity index (χ4n) is 3.23. The minimum atomic E-state index is -2.81. The molecular formula is C16H22F2N8O2. The number of nitrogens with two attached hydrogens (primary N) is 1. The van der Waals surface area contributed by atoms with E-state index in [4.69, 9.17) is 20.2 Å². The van der Waals surface area contributed by atoms with Gasteiger partial charge in [-0.25, -0.2) is 28.7 Å². The molecule has 0 saturated carbocycles. The number of rotatable bonds is 3. The highest BCUT2D eigenvalue weighted by molar-refractivity contribution is 6.10. The lowest BCUT2D eigenvalue weighted by molar-refractivity contribution is 0.0188. The minimum absolute atomic E-state index is 0.114. The molecular weight excluding hydrogens is 374 g/mol. The number of halogens is 2. The third-order valence-corrected chi connectivity index (χ3v) is 4.69. The van der Waals surface area contributed by atoms with Gasteiger partial charge in [0.05, 0.1) is 32.0 Å². The fourth-order valence-corrected chi connectivity index (χ4v) is 3.23. The first-order chi connectivity index (χ1) is 13.6. The van der Waals surface area contributed by atoms with Crippen molar-refractivity contribution < 1.29 is 18.3 Å². The monoisotopic (exact) mass is 396 g/mol. The maximum atomic E-state index is 13.6. The Morgan fingerprint density at radius 2 is 1.75 bits per heavy atom. The van der Waals surface area contributed by atoms with E-state index < -0.39 is 18.4 Å². The Labute approximate surface area is 160 Å². The number of morpholine rings is 2. The van der Waals surface area contributed by atoms with Crippen LogP contribution < -0.4 is 11.1 Å². The van der Waals surface area contributed by atoms with E-state index in [2.05, 4.69) is 20.3 Å². The second kappa shape index (κ2) is 8.29. The Morgan fingerprint density at radius 1 is 1.07 bits per heavy atom. The second-order valence-electron chi connectivity index (χ2n) is 6.48. The molecule has 1 atom stereocenters. The van der Waals surface area contributed by atoms with Crippen molar-refractivity contribution in [2.45, 2.75) is 12.7 Å². The van der Waals surface area contributed by atoms with Gasteiger partial charge in [-0.15, -0.1) is 0 Å². The van der Waals surface area contributed by atoms with Crippen LogP contribution >= 0.6 is 0 Å². The van der Waals surface area contributed by atoms with Crippen molar-refractivity contribution in [3.8, 4) is 0 Å². The minimum Gasteiger partial charge on any atom is -0.379 e. The number of anilines is 1. The Kier molecular flexibility index (Phi) is 5.59. The molecule has 1 unspecified atom stereocenters. The number of guanidine groups is 1. The Hall–Kier alpha value is -2.44. The van der Waals surface area contributed by atoms with Crippen molar-refractivity contribution in [3.63, 3.8) is 0 Å². The van der Waals surface area contributed by atoms with Crippen LogP contribution in [-0.2, 0) is 9.47 Å². The first kappa shape index (κ1) is 18.9. The summed E-state index contributed by atoms with van der Waals surface area (Å²) in [4.78, 5) is 20.9. The zero-order valence-electron chi connectivity index (χ0n) is 15.2. The topological polar surface area (TPSA) is 113 Å². The van der Waals surface area contributed by atoms with Gasteiger partial charge in [0.15, 0.2) is 0 Å². The van der Waals surface area contributed by atoms with Crippen LogP contribution in [0.4, 0.5) is 14.7 Å². The molecule has 1 aromatic heterocycles. The molecule has 2 fully saturated rings. The number of nitrogens with one attached hydrogen (secondary N) is 1. The molecule has 0 aromatic carbocycles. The van der Waals surface area contributed by atoms with Gasteiger partial charge in [0.2, 0.25) is 18.2 Å². The second-order valence-corrected chi connectivity index (χ2v) is 6.48. The molecule has 3 aliphatic rings. The molecule has 28 heavy (non-hydrogen) atoms. The van der Waals surface area contributed by atoms with Gasteiger partial charge < -0.3 is 25.4 Å². The number of hydrogen-bond acceptors (Lipinski definition) is 10. The van der Waals surface area contributed by atoms with Crippen molar-refractivity contribution in [2.75, 3.05) is 58.3 Å². The van der Waals surface area contributed by atoms with Crippen LogP contribution in [0.15, 0.2) is 16.2 Å². The van der Waals surface area contributed by atoms with Crippen molar-refractivity contribution in [2.24, 2.45) is 9.98 Å². The van der Waals surface area contributed by atoms with Crippen molar-refractivity contribution in [3.05, 3.63) is 17.5 Å². The lowest BCUT2D eigenvalue weighted by Gasteiger charge is -2.36. The van der Waals surface area contributed by atoms with E-state index >= 15 is 0 Å². The number of alkyl halides is 2. The summed E-state index contributed by atoms with van der Waals surface area (Å²) >= 11 is 0. The largest absolute Gasteiger partial charge is 0.379 e. The van der Waals surface area contributed by atoms with Crippen molar-refractivity contribution >= 4 is 17.7 Å². The Morgan fingerprint density at radius 3 is 2.43 bits per heavy atom. The highest BCUT2D eigenvalue weighted by atomic mass is 19.3. The summed E-state index contributed by atoms with van der Waals surface area (Å²) in [5.41, 5.74) is 5.16. The normalized spacial score (nSPS) is 24.0. The molecule has 0 spiro atoms. The highest BCUT2D eigenvalue weighted by Gasteiger charge is 2.30. The maximum Gasteiger partial charge on any atom is 0.281 e. The first-order valence-electron chi connectivity index (χ1n) is 9.10. The molecule has 3 aliphatic heterocycles. The molecule has 0 amide bonds. The molecule has 3 N–H and O–H groups in total. The summed E-state index contributed by atoms with van der Waals surface area (Å²) in [6, 6.07) is 0. The maximum absolute atomic E-state index is 13.6. The summed E-state index contributed by atoms with van der Waals surface area (Å²) in [6.45, 7) is 4.90. The Balaban J connectivity index is 1.68. The highest BCUT2D eigenvalue weighted by Crippen LogP contribution is 2.23. The van der Waals surface area contributed by atoms with Gasteiger partial charge in [0, 0.05) is 32.4 Å². The van der Waals surface area contributed by atoms with E-state index in [1.165, 1.54) is 6.20 Å². The molecule has 4 rings (SSSR count). The molecule has 2 saturated heterocycles. The summed E-state index contributed by atoms with van der Waals surface area (Å²) in [6.07, 6.45) is -2.08. The van der Waals surface area contributed by atoms with Gasteiger partial charge in [-0.3, -0.25) is 4.90 Å². The Bertz CT molecular complexity index is 763. The molecule has 0 bridgehead atoms. The van der Waals surface area contributed by atoms with Crippen LogP contribution in [0.5, 0.6) is 0 Å². The average Bonchev–Trinajstić information content (AvgIpc) is 2.74. The molecule has 12 heteroatoms. The van der Waals surface area contributed by atoms with Gasteiger partial charge in [0.1, 0.15) is 11.5 Å². The van der Waals surface area contributed by atoms with Crippen molar-refractivity contribution in [1.29, 1.82) is 0 Å². The van der Waals surface area contributed by atoms with Gasteiger partial charge >= 0.3 is 0 Å². The number of amidine groups is 1. The number of nitrogen functional groups attached to an aromatic ring is 1. The molecule has 0 aliphatic carbocycles. The van der Waals surface area contributed by atoms with Gasteiger partial charge in [-0.1, -0.05) is 0 Å². The lowest BCUT2D eigenvalue weighted by atomic mass is 10.2. The zero-order valence-corrected chi connectivity index (χ0v) is 15.2. The SMILES string of the molecule is Nc1ncc(C2=NC(N3CCOCC3)N=C(N3CCOCC3)N2)c(C(F)F)n1. The summed E-state index contributed by atoms with van der Waals surface area (Å²) in [7, 11) is 0. The van der Waals surface area contributed by atoms with Crippen LogP contribution in [0.25, 0.3) is 0 Å². The molecule has 1 aromatic rings. The number of aliphatic imine (C=N–C) groups is 2. The summed E-state index contributed by atoms with van der Waals surface area (Å²) < 4.78 is 37.9. The number of ether oxygens (including phenoxy) is 2. The summed E-state index contributed by atoms with van der Waals surface area (Å²) in [5, 5.41) is 3.08. The fraction of sp³-hybridized carbons (Fsp3) is 0.625. The van der Waals surface area contributed by atoms with Crippen molar-refractivity contribution in [1.82, 2.24) is 25.1 Å². The van der Waals surface area contributed by atoms with Crippen LogP contribution in [0.3, 0.4) is 0 Å². The number of aromatic nitrogens is 2. The molecule has 10 nitrogen and oxygen atoms in total.